The van der Waals surface area contributed by atoms with Gasteiger partial charge in [-0.15, -0.1) is 0 Å². The largest absolute Gasteiger partial charge is 0.329 e. The van der Waals surface area contributed by atoms with Crippen molar-refractivity contribution in [3.63, 3.8) is 0 Å². The van der Waals surface area contributed by atoms with Crippen molar-refractivity contribution >= 4 is 17.5 Å². The minimum atomic E-state index is -0.790. The van der Waals surface area contributed by atoms with Gasteiger partial charge in [-0.2, -0.15) is 5.10 Å². The molecule has 146 valence electrons. The highest BCUT2D eigenvalue weighted by Gasteiger charge is 2.59. The Balaban J connectivity index is 1.68. The number of para-hydroxylation sites is 1. The van der Waals surface area contributed by atoms with Crippen molar-refractivity contribution < 1.29 is 9.59 Å². The van der Waals surface area contributed by atoms with Crippen molar-refractivity contribution in [3.8, 4) is 0 Å². The van der Waals surface area contributed by atoms with E-state index in [2.05, 4.69) is 10.4 Å². The SMILES string of the molecule is Cc1cc(C(=O)N2CC[C@]3(C(=O)Nc4ccccc43)[C@@H]2c2ccccc2)n(C)n1. The number of benzene rings is 2. The lowest BCUT2D eigenvalue weighted by atomic mass is 9.72. The second-order valence-electron chi connectivity index (χ2n) is 7.83. The van der Waals surface area contributed by atoms with Crippen LogP contribution in [0.1, 0.15) is 39.8 Å². The first-order chi connectivity index (χ1) is 14.0. The first-order valence-corrected chi connectivity index (χ1v) is 9.80. The van der Waals surface area contributed by atoms with Gasteiger partial charge < -0.3 is 10.2 Å². The average molecular weight is 386 g/mol. The minimum absolute atomic E-state index is 0.0379. The van der Waals surface area contributed by atoms with Crippen molar-refractivity contribution in [2.75, 3.05) is 11.9 Å². The number of carbonyl (C=O) groups excluding carboxylic acids is 2. The summed E-state index contributed by atoms with van der Waals surface area (Å²) in [6, 6.07) is 19.1. The van der Waals surface area contributed by atoms with Gasteiger partial charge in [-0.05, 0) is 36.6 Å². The molecule has 3 heterocycles. The van der Waals surface area contributed by atoms with Crippen LogP contribution in [0.5, 0.6) is 0 Å². The van der Waals surface area contributed by atoms with Crippen LogP contribution < -0.4 is 5.32 Å². The Hall–Kier alpha value is -3.41. The Bertz CT molecular complexity index is 1120. The number of nitrogens with one attached hydrogen (secondary N) is 1. The number of rotatable bonds is 2. The number of aromatic nitrogens is 2. The first-order valence-electron chi connectivity index (χ1n) is 9.80. The molecular weight excluding hydrogens is 364 g/mol. The Kier molecular flexibility index (Phi) is 3.84. The normalized spacial score (nSPS) is 22.8. The standard InChI is InChI=1S/C23H22N4O2/c1-15-14-19(26(2)25-15)21(28)27-13-12-23(20(27)16-8-4-3-5-9-16)17-10-6-7-11-18(17)24-22(23)29/h3-11,14,20H,12-13H2,1-2H3,(H,24,29)/t20-,23+/m0/s1. The third-order valence-electron chi connectivity index (χ3n) is 6.18. The quantitative estimate of drug-likeness (QED) is 0.735. The number of hydrogen-bond donors (Lipinski definition) is 1. The molecule has 6 nitrogen and oxygen atoms in total. The summed E-state index contributed by atoms with van der Waals surface area (Å²) in [5, 5.41) is 7.38. The summed E-state index contributed by atoms with van der Waals surface area (Å²) in [6.07, 6.45) is 0.581. The van der Waals surface area contributed by atoms with Crippen LogP contribution in [0.3, 0.4) is 0 Å². The summed E-state index contributed by atoms with van der Waals surface area (Å²) in [5.41, 5.74) is 3.31. The molecule has 2 atom stereocenters. The first kappa shape index (κ1) is 17.7. The summed E-state index contributed by atoms with van der Waals surface area (Å²) >= 11 is 0. The van der Waals surface area contributed by atoms with E-state index in [1.807, 2.05) is 66.4 Å². The second-order valence-corrected chi connectivity index (χ2v) is 7.83. The Labute approximate surface area is 169 Å². The molecule has 3 aromatic rings. The van der Waals surface area contributed by atoms with E-state index in [1.165, 1.54) is 0 Å². The summed E-state index contributed by atoms with van der Waals surface area (Å²) in [4.78, 5) is 28.7. The summed E-state index contributed by atoms with van der Waals surface area (Å²) in [7, 11) is 1.78. The van der Waals surface area contributed by atoms with Crippen LogP contribution in [0, 0.1) is 6.92 Å². The molecule has 5 rings (SSSR count). The molecule has 1 aromatic heterocycles. The molecule has 2 aliphatic rings. The lowest BCUT2D eigenvalue weighted by Gasteiger charge is -2.34. The molecule has 2 aliphatic heterocycles. The number of hydrogen-bond acceptors (Lipinski definition) is 3. The Morgan fingerprint density at radius 1 is 1.14 bits per heavy atom. The number of nitrogens with zero attached hydrogens (tertiary/aromatic N) is 3. The van der Waals surface area contributed by atoms with E-state index in [0.29, 0.717) is 18.7 Å². The van der Waals surface area contributed by atoms with Crippen molar-refractivity contribution in [2.45, 2.75) is 24.8 Å². The number of fused-ring (bicyclic) bond motifs is 2. The smallest absolute Gasteiger partial charge is 0.272 e. The topological polar surface area (TPSA) is 67.2 Å². The maximum Gasteiger partial charge on any atom is 0.272 e. The van der Waals surface area contributed by atoms with Gasteiger partial charge in [0.1, 0.15) is 11.1 Å². The summed E-state index contributed by atoms with van der Waals surface area (Å²) < 4.78 is 1.62. The molecule has 0 saturated carbocycles. The van der Waals surface area contributed by atoms with Crippen LogP contribution >= 0.6 is 0 Å². The molecule has 1 fully saturated rings. The lowest BCUT2D eigenvalue weighted by Crippen LogP contribution is -2.43. The number of anilines is 1. The van der Waals surface area contributed by atoms with Crippen LogP contribution in [-0.2, 0) is 17.3 Å². The van der Waals surface area contributed by atoms with Crippen LogP contribution in [0.25, 0.3) is 0 Å². The Morgan fingerprint density at radius 2 is 1.86 bits per heavy atom. The maximum absolute atomic E-state index is 13.6. The van der Waals surface area contributed by atoms with Crippen molar-refractivity contribution in [3.05, 3.63) is 83.2 Å². The van der Waals surface area contributed by atoms with Crippen LogP contribution in [-0.4, -0.2) is 33.0 Å². The van der Waals surface area contributed by atoms with Gasteiger partial charge in [0.25, 0.3) is 5.91 Å². The van der Waals surface area contributed by atoms with E-state index in [0.717, 1.165) is 22.5 Å². The monoisotopic (exact) mass is 386 g/mol. The van der Waals surface area contributed by atoms with Gasteiger partial charge in [0.15, 0.2) is 0 Å². The lowest BCUT2D eigenvalue weighted by molar-refractivity contribution is -0.121. The molecule has 0 bridgehead atoms. The Morgan fingerprint density at radius 3 is 2.59 bits per heavy atom. The maximum atomic E-state index is 13.6. The fraction of sp³-hybridized carbons (Fsp3) is 0.261. The van der Waals surface area contributed by atoms with E-state index in [9.17, 15) is 9.59 Å². The molecule has 29 heavy (non-hydrogen) atoms. The highest BCUT2D eigenvalue weighted by molar-refractivity contribution is 6.08. The fourth-order valence-corrected chi connectivity index (χ4v) is 4.96. The van der Waals surface area contributed by atoms with Gasteiger partial charge >= 0.3 is 0 Å². The minimum Gasteiger partial charge on any atom is -0.329 e. The average Bonchev–Trinajstić information content (AvgIpc) is 3.37. The van der Waals surface area contributed by atoms with Gasteiger partial charge in [0.2, 0.25) is 5.91 Å². The van der Waals surface area contributed by atoms with E-state index < -0.39 is 5.41 Å². The van der Waals surface area contributed by atoms with E-state index in [4.69, 9.17) is 0 Å². The van der Waals surface area contributed by atoms with Gasteiger partial charge in [-0.1, -0.05) is 48.5 Å². The van der Waals surface area contributed by atoms with Gasteiger partial charge in [-0.25, -0.2) is 0 Å². The zero-order valence-corrected chi connectivity index (χ0v) is 16.4. The van der Waals surface area contributed by atoms with E-state index >= 15 is 0 Å². The van der Waals surface area contributed by atoms with Gasteiger partial charge in [0, 0.05) is 19.3 Å². The van der Waals surface area contributed by atoms with E-state index in [-0.39, 0.29) is 17.9 Å². The van der Waals surface area contributed by atoms with Crippen LogP contribution in [0.2, 0.25) is 0 Å². The highest BCUT2D eigenvalue weighted by atomic mass is 16.2. The molecule has 1 spiro atoms. The molecule has 0 aliphatic carbocycles. The number of likely N-dealkylation sites (tertiary alicyclic amines) is 1. The molecule has 2 amide bonds. The van der Waals surface area contributed by atoms with Crippen molar-refractivity contribution in [1.82, 2.24) is 14.7 Å². The third-order valence-corrected chi connectivity index (χ3v) is 6.18. The molecule has 2 aromatic carbocycles. The molecule has 0 unspecified atom stereocenters. The van der Waals surface area contributed by atoms with Gasteiger partial charge in [0.05, 0.1) is 11.7 Å². The van der Waals surface area contributed by atoms with Crippen LogP contribution in [0.15, 0.2) is 60.7 Å². The molecule has 1 saturated heterocycles. The highest BCUT2D eigenvalue weighted by Crippen LogP contribution is 2.54. The molecule has 6 heteroatoms. The number of amides is 2. The number of aryl methyl sites for hydroxylation is 2. The van der Waals surface area contributed by atoms with Crippen LogP contribution in [0.4, 0.5) is 5.69 Å². The molecular formula is C23H22N4O2. The zero-order chi connectivity index (χ0) is 20.2. The summed E-state index contributed by atoms with van der Waals surface area (Å²) in [5.74, 6) is -0.139. The number of carbonyl (C=O) groups is 2. The second kappa shape index (κ2) is 6.30. The predicted molar refractivity (Wildman–Crippen MR) is 110 cm³/mol. The molecule has 0 radical (unpaired) electrons. The van der Waals surface area contributed by atoms with Gasteiger partial charge in [-0.3, -0.25) is 14.3 Å². The molecule has 1 N–H and O–H groups in total. The van der Waals surface area contributed by atoms with Crippen molar-refractivity contribution in [2.24, 2.45) is 7.05 Å². The third kappa shape index (κ3) is 2.45. The summed E-state index contributed by atoms with van der Waals surface area (Å²) in [6.45, 7) is 2.38. The van der Waals surface area contributed by atoms with E-state index in [1.54, 1.807) is 17.8 Å². The van der Waals surface area contributed by atoms with Crippen molar-refractivity contribution in [1.29, 1.82) is 0 Å². The predicted octanol–water partition coefficient (Wildman–Crippen LogP) is 3.21. The zero-order valence-electron chi connectivity index (χ0n) is 16.4. The fourth-order valence-electron chi connectivity index (χ4n) is 4.96.